The average molecular weight is 201 g/mol. The van der Waals surface area contributed by atoms with E-state index in [1.165, 1.54) is 37.4 Å². The van der Waals surface area contributed by atoms with E-state index in [4.69, 9.17) is 10.5 Å². The van der Waals surface area contributed by atoms with Crippen molar-refractivity contribution in [2.75, 3.05) is 13.2 Å². The molecule has 0 aromatic carbocycles. The normalized spacial score (nSPS) is 29.1. The number of hydrogen-bond donors (Lipinski definition) is 1. The maximum Gasteiger partial charge on any atom is 0.0549 e. The van der Waals surface area contributed by atoms with E-state index in [1.54, 1.807) is 0 Å². The fraction of sp³-hybridized carbons (Fsp3) is 1.00. The maximum atomic E-state index is 5.70. The third kappa shape index (κ3) is 4.25. The second-order valence-electron chi connectivity index (χ2n) is 4.04. The minimum absolute atomic E-state index is 0.438. The van der Waals surface area contributed by atoms with Gasteiger partial charge >= 0.3 is 0 Å². The summed E-state index contributed by atoms with van der Waals surface area (Å²) in [6.45, 7) is 3.87. The molecule has 2 atom stereocenters. The Hall–Kier alpha value is 0.137. The molecule has 3 heteroatoms. The van der Waals surface area contributed by atoms with Gasteiger partial charge in [0.05, 0.1) is 6.10 Å². The van der Waals surface area contributed by atoms with Crippen LogP contribution in [0.5, 0.6) is 0 Å². The summed E-state index contributed by atoms with van der Waals surface area (Å²) in [5, 5.41) is 0. The minimum Gasteiger partial charge on any atom is -0.379 e. The van der Waals surface area contributed by atoms with Crippen LogP contribution < -0.4 is 5.73 Å². The van der Waals surface area contributed by atoms with Crippen LogP contribution in [0.25, 0.3) is 0 Å². The van der Waals surface area contributed by atoms with E-state index in [-0.39, 0.29) is 0 Å². The fourth-order valence-corrected chi connectivity index (χ4v) is 5.80. The fourth-order valence-electron chi connectivity index (χ4n) is 2.30. The zero-order valence-electron chi connectivity index (χ0n) is 8.80. The highest BCUT2D eigenvalue weighted by Gasteiger charge is 2.22. The Labute approximate surface area is 83.4 Å². The van der Waals surface area contributed by atoms with Crippen molar-refractivity contribution in [1.29, 1.82) is 0 Å². The first-order chi connectivity index (χ1) is 6.36. The Kier molecular flexibility index (Phi) is 5.67. The highest BCUT2D eigenvalue weighted by Crippen LogP contribution is 2.24. The van der Waals surface area contributed by atoms with Gasteiger partial charge in [-0.05, 0) is 32.4 Å². The SMILES string of the molecule is CCOC1CCC[SiH](CCCN)C1. The van der Waals surface area contributed by atoms with Gasteiger partial charge in [0.25, 0.3) is 0 Å². The molecule has 0 radical (unpaired) electrons. The van der Waals surface area contributed by atoms with Crippen LogP contribution in [0.1, 0.15) is 26.2 Å². The second-order valence-corrected chi connectivity index (χ2v) is 7.40. The molecule has 1 aliphatic rings. The predicted octanol–water partition coefficient (Wildman–Crippen LogP) is 1.76. The smallest absolute Gasteiger partial charge is 0.0549 e. The topological polar surface area (TPSA) is 35.2 Å². The van der Waals surface area contributed by atoms with Gasteiger partial charge in [0.2, 0.25) is 0 Å². The summed E-state index contributed by atoms with van der Waals surface area (Å²) in [5.41, 5.74) is 5.53. The van der Waals surface area contributed by atoms with E-state index in [0.29, 0.717) is 6.10 Å². The van der Waals surface area contributed by atoms with Gasteiger partial charge in [-0.2, -0.15) is 0 Å². The van der Waals surface area contributed by atoms with Crippen LogP contribution in [0.3, 0.4) is 0 Å². The van der Waals surface area contributed by atoms with E-state index in [0.717, 1.165) is 13.2 Å². The van der Waals surface area contributed by atoms with Crippen LogP contribution in [0.4, 0.5) is 0 Å². The van der Waals surface area contributed by atoms with Gasteiger partial charge in [-0.1, -0.05) is 18.5 Å². The number of nitrogens with two attached hydrogens (primary N) is 1. The van der Waals surface area contributed by atoms with Crippen molar-refractivity contribution in [3.8, 4) is 0 Å². The molecule has 1 aliphatic heterocycles. The lowest BCUT2D eigenvalue weighted by atomic mass is 10.2. The first-order valence-electron chi connectivity index (χ1n) is 5.68. The first-order valence-corrected chi connectivity index (χ1v) is 8.13. The molecule has 0 spiro atoms. The van der Waals surface area contributed by atoms with Crippen LogP contribution >= 0.6 is 0 Å². The van der Waals surface area contributed by atoms with E-state index in [2.05, 4.69) is 6.92 Å². The Morgan fingerprint density at radius 1 is 1.54 bits per heavy atom. The first kappa shape index (κ1) is 11.2. The van der Waals surface area contributed by atoms with Gasteiger partial charge in [0, 0.05) is 15.4 Å². The lowest BCUT2D eigenvalue weighted by molar-refractivity contribution is 0.0660. The molecule has 0 saturated carbocycles. The third-order valence-corrected chi connectivity index (χ3v) is 6.60. The Morgan fingerprint density at radius 3 is 3.08 bits per heavy atom. The highest BCUT2D eigenvalue weighted by molar-refractivity contribution is 6.59. The molecule has 78 valence electrons. The molecule has 0 amide bonds. The lowest BCUT2D eigenvalue weighted by Crippen LogP contribution is -2.28. The zero-order valence-corrected chi connectivity index (χ0v) is 9.95. The van der Waals surface area contributed by atoms with Crippen LogP contribution in [0, 0.1) is 0 Å². The highest BCUT2D eigenvalue weighted by atomic mass is 28.3. The van der Waals surface area contributed by atoms with Gasteiger partial charge in [-0.3, -0.25) is 0 Å². The molecule has 1 rings (SSSR count). The molecule has 2 nitrogen and oxygen atoms in total. The van der Waals surface area contributed by atoms with Crippen molar-refractivity contribution in [2.24, 2.45) is 5.73 Å². The molecule has 2 unspecified atom stereocenters. The number of rotatable bonds is 5. The Morgan fingerprint density at radius 2 is 2.38 bits per heavy atom. The summed E-state index contributed by atoms with van der Waals surface area (Å²) in [5.74, 6) is 0. The van der Waals surface area contributed by atoms with Crippen molar-refractivity contribution in [3.63, 3.8) is 0 Å². The monoisotopic (exact) mass is 201 g/mol. The van der Waals surface area contributed by atoms with Crippen molar-refractivity contribution >= 4 is 8.80 Å². The van der Waals surface area contributed by atoms with Crippen LogP contribution in [0.15, 0.2) is 0 Å². The molecule has 0 bridgehead atoms. The summed E-state index contributed by atoms with van der Waals surface area (Å²) in [6, 6.07) is 4.39. The summed E-state index contributed by atoms with van der Waals surface area (Å²) < 4.78 is 5.70. The van der Waals surface area contributed by atoms with Gasteiger partial charge in [0.1, 0.15) is 0 Å². The van der Waals surface area contributed by atoms with Gasteiger partial charge in [-0.25, -0.2) is 0 Å². The molecule has 1 heterocycles. The van der Waals surface area contributed by atoms with Crippen molar-refractivity contribution in [1.82, 2.24) is 0 Å². The molecule has 0 aliphatic carbocycles. The van der Waals surface area contributed by atoms with Crippen molar-refractivity contribution in [2.45, 2.75) is 50.4 Å². The van der Waals surface area contributed by atoms with Gasteiger partial charge in [0.15, 0.2) is 0 Å². The summed E-state index contributed by atoms with van der Waals surface area (Å²) in [7, 11) is -0.438. The van der Waals surface area contributed by atoms with Crippen molar-refractivity contribution < 1.29 is 4.74 Å². The molecule has 13 heavy (non-hydrogen) atoms. The largest absolute Gasteiger partial charge is 0.379 e. The maximum absolute atomic E-state index is 5.70. The third-order valence-electron chi connectivity index (χ3n) is 2.95. The standard InChI is InChI=1S/C10H23NOSi/c1-2-12-10-5-3-7-13(9-10)8-4-6-11/h10,13H,2-9,11H2,1H3. The molecular weight excluding hydrogens is 178 g/mol. The summed E-state index contributed by atoms with van der Waals surface area (Å²) >= 11 is 0. The molecule has 2 N–H and O–H groups in total. The minimum atomic E-state index is -0.438. The van der Waals surface area contributed by atoms with Crippen molar-refractivity contribution in [3.05, 3.63) is 0 Å². The lowest BCUT2D eigenvalue weighted by Gasteiger charge is -2.27. The molecule has 1 saturated heterocycles. The molecule has 0 aromatic heterocycles. The quantitative estimate of drug-likeness (QED) is 0.688. The van der Waals surface area contributed by atoms with E-state index in [1.807, 2.05) is 0 Å². The molecular formula is C10H23NOSi. The Bertz CT molecular complexity index is 130. The molecule has 1 fully saturated rings. The van der Waals surface area contributed by atoms with E-state index >= 15 is 0 Å². The van der Waals surface area contributed by atoms with Crippen LogP contribution in [-0.2, 0) is 4.74 Å². The average Bonchev–Trinajstić information content (AvgIpc) is 2.16. The van der Waals surface area contributed by atoms with E-state index in [9.17, 15) is 0 Å². The number of hydrogen-bond acceptors (Lipinski definition) is 2. The van der Waals surface area contributed by atoms with Gasteiger partial charge in [-0.15, -0.1) is 0 Å². The second kappa shape index (κ2) is 6.57. The Balaban J connectivity index is 2.16. The molecule has 0 aromatic rings. The van der Waals surface area contributed by atoms with Crippen LogP contribution in [0.2, 0.25) is 18.1 Å². The summed E-state index contributed by atoms with van der Waals surface area (Å²) in [6.07, 6.45) is 4.56. The zero-order chi connectivity index (χ0) is 9.52. The van der Waals surface area contributed by atoms with Gasteiger partial charge < -0.3 is 10.5 Å². The van der Waals surface area contributed by atoms with E-state index < -0.39 is 8.80 Å². The predicted molar refractivity (Wildman–Crippen MR) is 59.9 cm³/mol. The summed E-state index contributed by atoms with van der Waals surface area (Å²) in [4.78, 5) is 0. The van der Waals surface area contributed by atoms with Crippen LogP contribution in [-0.4, -0.2) is 28.1 Å². The number of ether oxygens (including phenoxy) is 1.